The molecule has 5 heteroatoms. The first-order chi connectivity index (χ1) is 6.13. The second kappa shape index (κ2) is 5.03. The minimum atomic E-state index is 0.160. The van der Waals surface area contributed by atoms with Crippen LogP contribution in [0.25, 0.3) is 0 Å². The molecule has 1 rings (SSSR count). The van der Waals surface area contributed by atoms with Crippen LogP contribution >= 0.6 is 39.1 Å². The molecule has 1 aromatic heterocycles. The van der Waals surface area contributed by atoms with Gasteiger partial charge < -0.3 is 5.32 Å². The van der Waals surface area contributed by atoms with Crippen molar-refractivity contribution in [2.24, 2.45) is 0 Å². The van der Waals surface area contributed by atoms with E-state index in [4.69, 9.17) is 23.2 Å². The number of nitrogens with one attached hydrogen (secondary N) is 1. The summed E-state index contributed by atoms with van der Waals surface area (Å²) >= 11 is 14.9. The van der Waals surface area contributed by atoms with Gasteiger partial charge in [-0.15, -0.1) is 11.6 Å². The molecule has 1 heterocycles. The van der Waals surface area contributed by atoms with Crippen molar-refractivity contribution in [3.63, 3.8) is 0 Å². The van der Waals surface area contributed by atoms with Crippen LogP contribution in [0.5, 0.6) is 0 Å². The van der Waals surface area contributed by atoms with Crippen LogP contribution in [0.2, 0.25) is 5.02 Å². The second-order valence-electron chi connectivity index (χ2n) is 2.68. The highest BCUT2D eigenvalue weighted by molar-refractivity contribution is 9.10. The van der Waals surface area contributed by atoms with Crippen LogP contribution in [-0.2, 0) is 0 Å². The molecule has 2 nitrogen and oxygen atoms in total. The zero-order chi connectivity index (χ0) is 9.84. The minimum Gasteiger partial charge on any atom is -0.365 e. The topological polar surface area (TPSA) is 24.9 Å². The van der Waals surface area contributed by atoms with Gasteiger partial charge in [0, 0.05) is 22.6 Å². The van der Waals surface area contributed by atoms with E-state index in [0.29, 0.717) is 16.7 Å². The molecule has 13 heavy (non-hydrogen) atoms. The number of hydrogen-bond acceptors (Lipinski definition) is 2. The number of nitrogens with zero attached hydrogens (tertiary/aromatic N) is 1. The monoisotopic (exact) mass is 282 g/mol. The molecule has 0 amide bonds. The first-order valence-electron chi connectivity index (χ1n) is 3.77. The van der Waals surface area contributed by atoms with Gasteiger partial charge in [0.2, 0.25) is 0 Å². The van der Waals surface area contributed by atoms with E-state index >= 15 is 0 Å². The first kappa shape index (κ1) is 11.1. The summed E-state index contributed by atoms with van der Waals surface area (Å²) in [6.45, 7) is 1.97. The Labute approximate surface area is 95.8 Å². The largest absolute Gasteiger partial charge is 0.365 e. The summed E-state index contributed by atoms with van der Waals surface area (Å²) < 4.78 is 0.863. The van der Waals surface area contributed by atoms with Crippen LogP contribution in [0.1, 0.15) is 6.92 Å². The number of rotatable bonds is 3. The number of halogens is 3. The van der Waals surface area contributed by atoms with Gasteiger partial charge in [-0.2, -0.15) is 0 Å². The summed E-state index contributed by atoms with van der Waals surface area (Å²) in [5, 5.41) is 3.68. The van der Waals surface area contributed by atoms with Gasteiger partial charge in [-0.1, -0.05) is 11.6 Å². The van der Waals surface area contributed by atoms with E-state index in [-0.39, 0.29) is 6.04 Å². The van der Waals surface area contributed by atoms with Crippen molar-refractivity contribution in [2.75, 3.05) is 11.2 Å². The summed E-state index contributed by atoms with van der Waals surface area (Å²) in [6, 6.07) is 1.95. The summed E-state index contributed by atoms with van der Waals surface area (Å²) in [5.74, 6) is 1.19. The van der Waals surface area contributed by atoms with Crippen LogP contribution in [0.15, 0.2) is 16.7 Å². The van der Waals surface area contributed by atoms with Crippen molar-refractivity contribution in [2.45, 2.75) is 13.0 Å². The number of aromatic nitrogens is 1. The van der Waals surface area contributed by atoms with Crippen molar-refractivity contribution >= 4 is 44.9 Å². The maximum absolute atomic E-state index is 5.93. The predicted molar refractivity (Wildman–Crippen MR) is 60.8 cm³/mol. The van der Waals surface area contributed by atoms with Gasteiger partial charge in [-0.05, 0) is 28.9 Å². The van der Waals surface area contributed by atoms with Crippen LogP contribution < -0.4 is 5.32 Å². The van der Waals surface area contributed by atoms with Gasteiger partial charge in [0.15, 0.2) is 0 Å². The van der Waals surface area contributed by atoms with Crippen molar-refractivity contribution in [3.8, 4) is 0 Å². The molecular weight excluding hydrogens is 275 g/mol. The number of alkyl halides is 1. The lowest BCUT2D eigenvalue weighted by molar-refractivity contribution is 0.897. The second-order valence-corrected chi connectivity index (χ2v) is 4.32. The minimum absolute atomic E-state index is 0.160. The van der Waals surface area contributed by atoms with E-state index in [2.05, 4.69) is 26.2 Å². The third kappa shape index (κ3) is 3.33. The van der Waals surface area contributed by atoms with Gasteiger partial charge in [-0.3, -0.25) is 0 Å². The van der Waals surface area contributed by atoms with E-state index in [9.17, 15) is 0 Å². The number of anilines is 1. The molecule has 0 spiro atoms. The number of pyridine rings is 1. The van der Waals surface area contributed by atoms with Crippen molar-refractivity contribution in [1.29, 1.82) is 0 Å². The lowest BCUT2D eigenvalue weighted by atomic mass is 10.3. The van der Waals surface area contributed by atoms with E-state index in [0.717, 1.165) is 4.47 Å². The molecule has 0 saturated heterocycles. The van der Waals surface area contributed by atoms with Gasteiger partial charge in [0.1, 0.15) is 5.82 Å². The molecular formula is C8H9BrCl2N2. The molecule has 0 fully saturated rings. The molecule has 1 aromatic rings. The molecule has 0 aliphatic carbocycles. The zero-order valence-corrected chi connectivity index (χ0v) is 10.1. The third-order valence-electron chi connectivity index (χ3n) is 1.42. The maximum atomic E-state index is 5.93. The van der Waals surface area contributed by atoms with E-state index in [1.165, 1.54) is 0 Å². The molecule has 72 valence electrons. The molecule has 1 N–H and O–H groups in total. The Bertz CT molecular complexity index is 293. The summed E-state index contributed by atoms with van der Waals surface area (Å²) in [4.78, 5) is 4.12. The Morgan fingerprint density at radius 2 is 2.38 bits per heavy atom. The highest BCUT2D eigenvalue weighted by Crippen LogP contribution is 2.23. The van der Waals surface area contributed by atoms with E-state index in [1.807, 2.05) is 6.92 Å². The molecule has 1 unspecified atom stereocenters. The van der Waals surface area contributed by atoms with Gasteiger partial charge in [-0.25, -0.2) is 4.98 Å². The van der Waals surface area contributed by atoms with Gasteiger partial charge in [0.05, 0.1) is 5.02 Å². The summed E-state index contributed by atoms with van der Waals surface area (Å²) in [5.41, 5.74) is 0. The van der Waals surface area contributed by atoms with Crippen molar-refractivity contribution in [1.82, 2.24) is 4.98 Å². The summed E-state index contributed by atoms with van der Waals surface area (Å²) in [6.07, 6.45) is 1.69. The van der Waals surface area contributed by atoms with Crippen LogP contribution in [-0.4, -0.2) is 16.9 Å². The average molecular weight is 284 g/mol. The smallest absolute Gasteiger partial charge is 0.145 e. The fourth-order valence-electron chi connectivity index (χ4n) is 0.793. The third-order valence-corrected chi connectivity index (χ3v) is 2.61. The predicted octanol–water partition coefficient (Wildman–Crippen LogP) is 3.54. The van der Waals surface area contributed by atoms with Crippen LogP contribution in [0.4, 0.5) is 5.82 Å². The Balaban J connectivity index is 2.77. The van der Waals surface area contributed by atoms with Crippen molar-refractivity contribution in [3.05, 3.63) is 21.8 Å². The highest BCUT2D eigenvalue weighted by atomic mass is 79.9. The molecule has 0 aliphatic rings. The van der Waals surface area contributed by atoms with E-state index in [1.54, 1.807) is 12.3 Å². The summed E-state index contributed by atoms with van der Waals surface area (Å²) in [7, 11) is 0. The average Bonchev–Trinajstić information content (AvgIpc) is 2.09. The molecule has 0 aliphatic heterocycles. The molecule has 0 aromatic carbocycles. The fraction of sp³-hybridized carbons (Fsp3) is 0.375. The number of hydrogen-bond donors (Lipinski definition) is 1. The van der Waals surface area contributed by atoms with Crippen molar-refractivity contribution < 1.29 is 0 Å². The standard InChI is InChI=1S/C8H9BrCl2N2/c1-5(3-10)13-8-7(11)2-6(9)4-12-8/h2,4-5H,3H2,1H3,(H,12,13). The fourth-order valence-corrected chi connectivity index (χ4v) is 1.55. The normalized spacial score (nSPS) is 12.6. The maximum Gasteiger partial charge on any atom is 0.145 e. The Kier molecular flexibility index (Phi) is 4.29. The van der Waals surface area contributed by atoms with Crippen LogP contribution in [0, 0.1) is 0 Å². The molecule has 0 radical (unpaired) electrons. The lowest BCUT2D eigenvalue weighted by Crippen LogP contribution is -2.17. The highest BCUT2D eigenvalue weighted by Gasteiger charge is 2.05. The Hall–Kier alpha value is 0.01000. The Morgan fingerprint density at radius 3 is 2.92 bits per heavy atom. The quantitative estimate of drug-likeness (QED) is 0.859. The van der Waals surface area contributed by atoms with E-state index < -0.39 is 0 Å². The molecule has 1 atom stereocenters. The van der Waals surface area contributed by atoms with Crippen LogP contribution in [0.3, 0.4) is 0 Å². The SMILES string of the molecule is CC(CCl)Nc1ncc(Br)cc1Cl. The Morgan fingerprint density at radius 1 is 1.69 bits per heavy atom. The first-order valence-corrected chi connectivity index (χ1v) is 5.47. The van der Waals surface area contributed by atoms with Gasteiger partial charge in [0.25, 0.3) is 0 Å². The molecule has 0 saturated carbocycles. The lowest BCUT2D eigenvalue weighted by Gasteiger charge is -2.12. The van der Waals surface area contributed by atoms with Gasteiger partial charge >= 0.3 is 0 Å². The zero-order valence-electron chi connectivity index (χ0n) is 7.02. The molecule has 0 bridgehead atoms.